The Labute approximate surface area is 77.0 Å². The summed E-state index contributed by atoms with van der Waals surface area (Å²) in [4.78, 5) is 22.3. The first-order valence-corrected chi connectivity index (χ1v) is 4.19. The van der Waals surface area contributed by atoms with Crippen LogP contribution in [0.5, 0.6) is 0 Å². The van der Waals surface area contributed by atoms with Crippen molar-refractivity contribution in [2.45, 2.75) is 26.7 Å². The molecule has 0 aromatic carbocycles. The first kappa shape index (κ1) is 9.66. The van der Waals surface area contributed by atoms with Crippen LogP contribution >= 0.6 is 0 Å². The normalized spacial score (nSPS) is 22.8. The molecule has 68 valence electrons. The molecular weight excluding hydrogens is 166 g/mol. The van der Waals surface area contributed by atoms with Crippen molar-refractivity contribution in [1.29, 1.82) is 5.26 Å². The zero-order valence-corrected chi connectivity index (χ0v) is 7.76. The molecule has 0 heterocycles. The molecule has 3 heteroatoms. The molecule has 0 saturated carbocycles. The summed E-state index contributed by atoms with van der Waals surface area (Å²) in [5.74, 6) is -0.345. The van der Waals surface area contributed by atoms with E-state index >= 15 is 0 Å². The van der Waals surface area contributed by atoms with Crippen LogP contribution in [0.15, 0.2) is 11.1 Å². The average Bonchev–Trinajstić information content (AvgIpc) is 2.09. The number of nitriles is 1. The molecule has 0 aromatic heterocycles. The van der Waals surface area contributed by atoms with Gasteiger partial charge in [-0.25, -0.2) is 0 Å². The zero-order valence-electron chi connectivity index (χ0n) is 7.76. The molecule has 0 spiro atoms. The predicted octanol–water partition coefficient (Wildman–Crippen LogP) is 1.39. The Kier molecular flexibility index (Phi) is 2.62. The van der Waals surface area contributed by atoms with Gasteiger partial charge in [0.15, 0.2) is 5.78 Å². The van der Waals surface area contributed by atoms with Crippen molar-refractivity contribution in [3.8, 4) is 6.07 Å². The van der Waals surface area contributed by atoms with E-state index in [0.29, 0.717) is 17.6 Å². The monoisotopic (exact) mass is 177 g/mol. The molecule has 0 aromatic rings. The fraction of sp³-hybridized carbons (Fsp3) is 0.500. The summed E-state index contributed by atoms with van der Waals surface area (Å²) in [7, 11) is 0. The molecule has 1 rings (SSSR count). The van der Waals surface area contributed by atoms with Crippen LogP contribution in [0, 0.1) is 17.2 Å². The maximum atomic E-state index is 11.3. The number of rotatable bonds is 1. The van der Waals surface area contributed by atoms with Crippen LogP contribution in [0.25, 0.3) is 0 Å². The number of allylic oxidation sites excluding steroid dienone is 2. The number of ketones is 2. The smallest absolute Gasteiger partial charge is 0.160 e. The quantitative estimate of drug-likeness (QED) is 0.608. The Morgan fingerprint density at radius 1 is 1.54 bits per heavy atom. The molecule has 0 aliphatic heterocycles. The number of nitrogens with zero attached hydrogens (tertiary/aromatic N) is 1. The van der Waals surface area contributed by atoms with Gasteiger partial charge in [-0.3, -0.25) is 9.59 Å². The Morgan fingerprint density at radius 3 is 2.62 bits per heavy atom. The minimum absolute atomic E-state index is 0.00593. The third kappa shape index (κ3) is 1.83. The van der Waals surface area contributed by atoms with Crippen molar-refractivity contribution < 1.29 is 9.59 Å². The minimum Gasteiger partial charge on any atom is -0.300 e. The highest BCUT2D eigenvalue weighted by Gasteiger charge is 2.27. The fourth-order valence-electron chi connectivity index (χ4n) is 1.43. The summed E-state index contributed by atoms with van der Waals surface area (Å²) < 4.78 is 0. The van der Waals surface area contributed by atoms with Crippen LogP contribution in [-0.4, -0.2) is 11.6 Å². The van der Waals surface area contributed by atoms with Gasteiger partial charge in [0, 0.05) is 23.5 Å². The zero-order chi connectivity index (χ0) is 10.0. The number of carbonyl (C=O) groups is 2. The van der Waals surface area contributed by atoms with Crippen LogP contribution < -0.4 is 0 Å². The standard InChI is InChI=1S/C10H11NO2/c1-6-9(5-11)3-8(7(2)12)4-10(6)13/h8H,3-4H2,1-2H3. The van der Waals surface area contributed by atoms with Crippen molar-refractivity contribution >= 4 is 11.6 Å². The van der Waals surface area contributed by atoms with Gasteiger partial charge < -0.3 is 0 Å². The third-order valence-electron chi connectivity index (χ3n) is 2.46. The molecule has 0 saturated heterocycles. The minimum atomic E-state index is -0.272. The van der Waals surface area contributed by atoms with Gasteiger partial charge in [-0.05, 0) is 20.3 Å². The number of hydrogen-bond acceptors (Lipinski definition) is 3. The van der Waals surface area contributed by atoms with Gasteiger partial charge in [-0.2, -0.15) is 5.26 Å². The van der Waals surface area contributed by atoms with Gasteiger partial charge in [0.2, 0.25) is 0 Å². The highest BCUT2D eigenvalue weighted by molar-refractivity contribution is 6.00. The summed E-state index contributed by atoms with van der Waals surface area (Å²) >= 11 is 0. The van der Waals surface area contributed by atoms with Gasteiger partial charge in [0.25, 0.3) is 0 Å². The maximum Gasteiger partial charge on any atom is 0.160 e. The van der Waals surface area contributed by atoms with E-state index in [0.717, 1.165) is 0 Å². The summed E-state index contributed by atoms with van der Waals surface area (Å²) in [5, 5.41) is 8.71. The van der Waals surface area contributed by atoms with Crippen molar-refractivity contribution in [3.05, 3.63) is 11.1 Å². The summed E-state index contributed by atoms with van der Waals surface area (Å²) in [5.41, 5.74) is 0.997. The largest absolute Gasteiger partial charge is 0.300 e. The highest BCUT2D eigenvalue weighted by Crippen LogP contribution is 2.26. The van der Waals surface area contributed by atoms with Crippen LogP contribution in [0.4, 0.5) is 0 Å². The summed E-state index contributed by atoms with van der Waals surface area (Å²) in [6.07, 6.45) is 0.704. The first-order valence-electron chi connectivity index (χ1n) is 4.19. The van der Waals surface area contributed by atoms with E-state index in [9.17, 15) is 9.59 Å². The van der Waals surface area contributed by atoms with E-state index in [1.807, 2.05) is 6.07 Å². The lowest BCUT2D eigenvalue weighted by Gasteiger charge is -2.18. The number of Topliss-reactive ketones (excluding diaryl/α,β-unsaturated/α-hetero) is 2. The van der Waals surface area contributed by atoms with Gasteiger partial charge in [0.1, 0.15) is 5.78 Å². The maximum absolute atomic E-state index is 11.3. The molecule has 1 aliphatic carbocycles. The molecule has 1 unspecified atom stereocenters. The topological polar surface area (TPSA) is 57.9 Å². The van der Waals surface area contributed by atoms with Crippen molar-refractivity contribution in [1.82, 2.24) is 0 Å². The summed E-state index contributed by atoms with van der Waals surface area (Å²) in [6, 6.07) is 1.98. The molecular formula is C10H11NO2. The average molecular weight is 177 g/mol. The van der Waals surface area contributed by atoms with Gasteiger partial charge in [-0.15, -0.1) is 0 Å². The predicted molar refractivity (Wildman–Crippen MR) is 46.7 cm³/mol. The van der Waals surface area contributed by atoms with E-state index in [1.54, 1.807) is 6.92 Å². The molecule has 0 amide bonds. The lowest BCUT2D eigenvalue weighted by atomic mass is 9.82. The summed E-state index contributed by atoms with van der Waals surface area (Å²) in [6.45, 7) is 3.12. The molecule has 1 aliphatic rings. The van der Waals surface area contributed by atoms with Crippen molar-refractivity contribution in [2.24, 2.45) is 5.92 Å². The van der Waals surface area contributed by atoms with E-state index in [4.69, 9.17) is 5.26 Å². The number of carbonyl (C=O) groups excluding carboxylic acids is 2. The SMILES string of the molecule is CC(=O)C1CC(=O)C(C)=C(C#N)C1. The van der Waals surface area contributed by atoms with Crippen molar-refractivity contribution in [3.63, 3.8) is 0 Å². The molecule has 0 fully saturated rings. The first-order chi connectivity index (χ1) is 6.06. The van der Waals surface area contributed by atoms with Crippen molar-refractivity contribution in [2.75, 3.05) is 0 Å². The lowest BCUT2D eigenvalue weighted by Crippen LogP contribution is -2.22. The van der Waals surface area contributed by atoms with Crippen LogP contribution in [-0.2, 0) is 9.59 Å². The second-order valence-corrected chi connectivity index (χ2v) is 3.35. The van der Waals surface area contributed by atoms with Gasteiger partial charge >= 0.3 is 0 Å². The van der Waals surface area contributed by atoms with Crippen LogP contribution in [0.3, 0.4) is 0 Å². The molecule has 13 heavy (non-hydrogen) atoms. The van der Waals surface area contributed by atoms with Gasteiger partial charge in [-0.1, -0.05) is 0 Å². The molecule has 0 N–H and O–H groups in total. The molecule has 3 nitrogen and oxygen atoms in total. The Hall–Kier alpha value is -1.43. The van der Waals surface area contributed by atoms with Crippen LogP contribution in [0.1, 0.15) is 26.7 Å². The van der Waals surface area contributed by atoms with E-state index in [1.165, 1.54) is 6.92 Å². The number of hydrogen-bond donors (Lipinski definition) is 0. The second-order valence-electron chi connectivity index (χ2n) is 3.35. The Bertz CT molecular complexity index is 333. The van der Waals surface area contributed by atoms with Crippen LogP contribution in [0.2, 0.25) is 0 Å². The van der Waals surface area contributed by atoms with E-state index in [-0.39, 0.29) is 23.9 Å². The fourth-order valence-corrected chi connectivity index (χ4v) is 1.43. The van der Waals surface area contributed by atoms with E-state index in [2.05, 4.69) is 0 Å². The lowest BCUT2D eigenvalue weighted by molar-refractivity contribution is -0.125. The molecule has 0 radical (unpaired) electrons. The third-order valence-corrected chi connectivity index (χ3v) is 2.46. The Balaban J connectivity index is 2.97. The Morgan fingerprint density at radius 2 is 2.15 bits per heavy atom. The van der Waals surface area contributed by atoms with Gasteiger partial charge in [0.05, 0.1) is 6.07 Å². The van der Waals surface area contributed by atoms with E-state index < -0.39 is 0 Å². The molecule has 1 atom stereocenters. The second kappa shape index (κ2) is 3.53. The highest BCUT2D eigenvalue weighted by atomic mass is 16.1. The molecule has 0 bridgehead atoms.